The maximum absolute atomic E-state index is 6.27. The maximum Gasteiger partial charge on any atom is 0.0518 e. The Morgan fingerprint density at radius 3 is 2.61 bits per heavy atom. The van der Waals surface area contributed by atoms with Gasteiger partial charge in [-0.25, -0.2) is 0 Å². The van der Waals surface area contributed by atoms with Crippen molar-refractivity contribution in [2.24, 2.45) is 0 Å². The standard InChI is InChI=1S/C17H25Cl/c1-3-4-13-17(18)14-15(2)9-8-12-16-10-6-5-7-11-16/h5-7,10-11,14,17H,3-4,8-9,12-13H2,1-2H3. The van der Waals surface area contributed by atoms with E-state index in [-0.39, 0.29) is 5.38 Å². The molecule has 1 heteroatoms. The van der Waals surface area contributed by atoms with E-state index in [0.29, 0.717) is 0 Å². The molecule has 0 saturated heterocycles. The zero-order valence-corrected chi connectivity index (χ0v) is 12.4. The van der Waals surface area contributed by atoms with E-state index in [2.05, 4.69) is 50.3 Å². The molecule has 0 saturated carbocycles. The van der Waals surface area contributed by atoms with Gasteiger partial charge < -0.3 is 0 Å². The summed E-state index contributed by atoms with van der Waals surface area (Å²) in [6.45, 7) is 4.41. The molecule has 0 spiro atoms. The molecule has 1 aromatic rings. The summed E-state index contributed by atoms with van der Waals surface area (Å²) in [5.74, 6) is 0. The average Bonchev–Trinajstić information content (AvgIpc) is 2.37. The first kappa shape index (κ1) is 15.3. The molecule has 100 valence electrons. The van der Waals surface area contributed by atoms with E-state index < -0.39 is 0 Å². The van der Waals surface area contributed by atoms with Crippen molar-refractivity contribution in [2.75, 3.05) is 0 Å². The summed E-state index contributed by atoms with van der Waals surface area (Å²) in [6.07, 6.45) is 9.32. The second kappa shape index (κ2) is 9.22. The van der Waals surface area contributed by atoms with E-state index in [9.17, 15) is 0 Å². The molecule has 0 aliphatic carbocycles. The van der Waals surface area contributed by atoms with Gasteiger partial charge >= 0.3 is 0 Å². The molecule has 0 amide bonds. The van der Waals surface area contributed by atoms with Gasteiger partial charge in [0, 0.05) is 0 Å². The molecular weight excluding hydrogens is 240 g/mol. The van der Waals surface area contributed by atoms with Crippen LogP contribution in [-0.2, 0) is 6.42 Å². The average molecular weight is 265 g/mol. The molecule has 0 radical (unpaired) electrons. The van der Waals surface area contributed by atoms with Crippen LogP contribution in [0.25, 0.3) is 0 Å². The van der Waals surface area contributed by atoms with Crippen molar-refractivity contribution in [1.29, 1.82) is 0 Å². The first-order valence-corrected chi connectivity index (χ1v) is 7.51. The van der Waals surface area contributed by atoms with E-state index in [0.717, 1.165) is 19.3 Å². The van der Waals surface area contributed by atoms with Gasteiger partial charge in [0.05, 0.1) is 5.38 Å². The third kappa shape index (κ3) is 6.86. The van der Waals surface area contributed by atoms with Crippen LogP contribution in [0.5, 0.6) is 0 Å². The Bertz CT molecular complexity index is 340. The number of hydrogen-bond acceptors (Lipinski definition) is 0. The molecule has 1 rings (SSSR count). The highest BCUT2D eigenvalue weighted by molar-refractivity contribution is 6.21. The highest BCUT2D eigenvalue weighted by Gasteiger charge is 2.01. The summed E-state index contributed by atoms with van der Waals surface area (Å²) in [5.41, 5.74) is 2.86. The van der Waals surface area contributed by atoms with Gasteiger partial charge in [-0.1, -0.05) is 61.7 Å². The number of aryl methyl sites for hydroxylation is 1. The second-order valence-corrected chi connectivity index (χ2v) is 5.57. The van der Waals surface area contributed by atoms with E-state index in [4.69, 9.17) is 11.6 Å². The van der Waals surface area contributed by atoms with Crippen LogP contribution in [-0.4, -0.2) is 5.38 Å². The Balaban J connectivity index is 2.24. The fourth-order valence-corrected chi connectivity index (χ4v) is 2.46. The Morgan fingerprint density at radius 1 is 1.22 bits per heavy atom. The van der Waals surface area contributed by atoms with Crippen molar-refractivity contribution in [3.8, 4) is 0 Å². The van der Waals surface area contributed by atoms with Gasteiger partial charge in [-0.15, -0.1) is 11.6 Å². The summed E-state index contributed by atoms with van der Waals surface area (Å²) in [6, 6.07) is 10.7. The third-order valence-corrected chi connectivity index (χ3v) is 3.52. The van der Waals surface area contributed by atoms with Gasteiger partial charge in [0.25, 0.3) is 0 Å². The van der Waals surface area contributed by atoms with Gasteiger partial charge in [0.1, 0.15) is 0 Å². The highest BCUT2D eigenvalue weighted by atomic mass is 35.5. The Hall–Kier alpha value is -0.750. The van der Waals surface area contributed by atoms with Gasteiger partial charge in [0.2, 0.25) is 0 Å². The number of unbranched alkanes of at least 4 members (excludes halogenated alkanes) is 1. The van der Waals surface area contributed by atoms with Crippen LogP contribution in [0.4, 0.5) is 0 Å². The maximum atomic E-state index is 6.27. The summed E-state index contributed by atoms with van der Waals surface area (Å²) < 4.78 is 0. The van der Waals surface area contributed by atoms with Crippen LogP contribution >= 0.6 is 11.6 Å². The quantitative estimate of drug-likeness (QED) is 0.414. The van der Waals surface area contributed by atoms with Crippen LogP contribution in [0.15, 0.2) is 42.0 Å². The number of rotatable bonds is 8. The molecule has 18 heavy (non-hydrogen) atoms. The van der Waals surface area contributed by atoms with Gasteiger partial charge in [-0.05, 0) is 38.2 Å². The van der Waals surface area contributed by atoms with E-state index in [1.54, 1.807) is 0 Å². The first-order valence-electron chi connectivity index (χ1n) is 7.07. The van der Waals surface area contributed by atoms with Crippen LogP contribution in [0.2, 0.25) is 0 Å². The van der Waals surface area contributed by atoms with Crippen molar-refractivity contribution in [3.05, 3.63) is 47.5 Å². The topological polar surface area (TPSA) is 0 Å². The zero-order chi connectivity index (χ0) is 13.2. The lowest BCUT2D eigenvalue weighted by molar-refractivity contribution is 0.726. The van der Waals surface area contributed by atoms with Crippen LogP contribution in [0.1, 0.15) is 51.5 Å². The molecule has 0 nitrogen and oxygen atoms in total. The number of benzene rings is 1. The summed E-state index contributed by atoms with van der Waals surface area (Å²) in [5, 5.41) is 0.224. The molecular formula is C17H25Cl. The predicted molar refractivity (Wildman–Crippen MR) is 82.3 cm³/mol. The molecule has 0 heterocycles. The minimum atomic E-state index is 0.224. The van der Waals surface area contributed by atoms with Crippen molar-refractivity contribution in [1.82, 2.24) is 0 Å². The predicted octanol–water partition coefficient (Wildman–Crippen LogP) is 5.75. The minimum Gasteiger partial charge on any atom is -0.118 e. The molecule has 1 unspecified atom stereocenters. The van der Waals surface area contributed by atoms with E-state index >= 15 is 0 Å². The molecule has 0 fully saturated rings. The van der Waals surface area contributed by atoms with Crippen LogP contribution in [0.3, 0.4) is 0 Å². The monoisotopic (exact) mass is 264 g/mol. The largest absolute Gasteiger partial charge is 0.118 e. The SMILES string of the molecule is CCCCC(Cl)C=C(C)CCCc1ccccc1. The van der Waals surface area contributed by atoms with Gasteiger partial charge in [-0.2, -0.15) is 0 Å². The summed E-state index contributed by atoms with van der Waals surface area (Å²) >= 11 is 6.27. The number of allylic oxidation sites excluding steroid dienone is 2. The Labute approximate surface area is 117 Å². The normalized spacial score (nSPS) is 13.6. The molecule has 0 N–H and O–H groups in total. The molecule has 0 aromatic heterocycles. The van der Waals surface area contributed by atoms with Crippen molar-refractivity contribution < 1.29 is 0 Å². The Morgan fingerprint density at radius 2 is 1.94 bits per heavy atom. The number of alkyl halides is 1. The zero-order valence-electron chi connectivity index (χ0n) is 11.7. The second-order valence-electron chi connectivity index (χ2n) is 5.01. The van der Waals surface area contributed by atoms with E-state index in [1.807, 2.05) is 0 Å². The van der Waals surface area contributed by atoms with Crippen LogP contribution < -0.4 is 0 Å². The first-order chi connectivity index (χ1) is 8.72. The molecule has 1 atom stereocenters. The lowest BCUT2D eigenvalue weighted by Crippen LogP contribution is -1.95. The van der Waals surface area contributed by atoms with Crippen LogP contribution in [0, 0.1) is 0 Å². The molecule has 0 aliphatic rings. The fourth-order valence-electron chi connectivity index (χ4n) is 2.09. The highest BCUT2D eigenvalue weighted by Crippen LogP contribution is 2.15. The summed E-state index contributed by atoms with van der Waals surface area (Å²) in [7, 11) is 0. The van der Waals surface area contributed by atoms with Gasteiger partial charge in [0.15, 0.2) is 0 Å². The van der Waals surface area contributed by atoms with Crippen molar-refractivity contribution in [3.63, 3.8) is 0 Å². The molecule has 0 bridgehead atoms. The lowest BCUT2D eigenvalue weighted by Gasteiger charge is -2.06. The molecule has 0 aliphatic heterocycles. The number of hydrogen-bond donors (Lipinski definition) is 0. The number of halogens is 1. The summed E-state index contributed by atoms with van der Waals surface area (Å²) in [4.78, 5) is 0. The Kier molecular flexibility index (Phi) is 7.84. The smallest absolute Gasteiger partial charge is 0.0518 e. The van der Waals surface area contributed by atoms with Crippen molar-refractivity contribution in [2.45, 2.75) is 57.7 Å². The third-order valence-electron chi connectivity index (χ3n) is 3.18. The lowest BCUT2D eigenvalue weighted by atomic mass is 10.0. The van der Waals surface area contributed by atoms with Crippen molar-refractivity contribution >= 4 is 11.6 Å². The van der Waals surface area contributed by atoms with Gasteiger partial charge in [-0.3, -0.25) is 0 Å². The fraction of sp³-hybridized carbons (Fsp3) is 0.529. The minimum absolute atomic E-state index is 0.224. The van der Waals surface area contributed by atoms with E-state index in [1.165, 1.54) is 30.4 Å². The molecule has 1 aromatic carbocycles.